The van der Waals surface area contributed by atoms with E-state index in [2.05, 4.69) is 39.9 Å². The summed E-state index contributed by atoms with van der Waals surface area (Å²) >= 11 is 1.29. The lowest BCUT2D eigenvalue weighted by atomic mass is 9.89. The van der Waals surface area contributed by atoms with Gasteiger partial charge < -0.3 is 5.32 Å². The molecule has 0 aliphatic carbocycles. The Morgan fingerprint density at radius 2 is 1.56 bits per heavy atom. The fourth-order valence-electron chi connectivity index (χ4n) is 3.93. The first kappa shape index (κ1) is 20.5. The van der Waals surface area contributed by atoms with E-state index >= 15 is 0 Å². The third-order valence-electron chi connectivity index (χ3n) is 6.27. The Balaban J connectivity index is 1.63. The third kappa shape index (κ3) is 3.99. The normalized spacial score (nSPS) is 16.8. The fraction of sp³-hybridized carbons (Fsp3) is 0.524. The molecule has 1 aromatic heterocycles. The Morgan fingerprint density at radius 1 is 1.00 bits per heavy atom. The lowest BCUT2D eigenvalue weighted by molar-refractivity contribution is 0.289. The zero-order valence-electron chi connectivity index (χ0n) is 16.9. The molecule has 1 aromatic carbocycles. The van der Waals surface area contributed by atoms with E-state index in [0.717, 1.165) is 19.4 Å². The summed E-state index contributed by atoms with van der Waals surface area (Å²) in [6.45, 7) is 13.0. The minimum atomic E-state index is -3.31. The van der Waals surface area contributed by atoms with E-state index < -0.39 is 10.0 Å². The summed E-state index contributed by atoms with van der Waals surface area (Å²) in [6, 6.07) is 3.85. The van der Waals surface area contributed by atoms with Crippen LogP contribution < -0.4 is 5.32 Å². The molecule has 4 nitrogen and oxygen atoms in total. The molecule has 1 N–H and O–H groups in total. The van der Waals surface area contributed by atoms with E-state index in [-0.39, 0.29) is 0 Å². The van der Waals surface area contributed by atoms with Gasteiger partial charge >= 0.3 is 0 Å². The van der Waals surface area contributed by atoms with Crippen LogP contribution >= 0.6 is 11.3 Å². The second-order valence-electron chi connectivity index (χ2n) is 7.59. The molecule has 1 aliphatic heterocycles. The van der Waals surface area contributed by atoms with Gasteiger partial charge in [0.2, 0.25) is 0 Å². The lowest BCUT2D eigenvalue weighted by Crippen LogP contribution is -2.44. The van der Waals surface area contributed by atoms with Crippen molar-refractivity contribution in [1.29, 1.82) is 0 Å². The summed E-state index contributed by atoms with van der Waals surface area (Å²) in [6.07, 6.45) is 1.71. The van der Waals surface area contributed by atoms with Crippen molar-refractivity contribution < 1.29 is 8.42 Å². The summed E-state index contributed by atoms with van der Waals surface area (Å²) < 4.78 is 27.4. The maximum atomic E-state index is 12.6. The largest absolute Gasteiger partial charge is 0.310 e. The van der Waals surface area contributed by atoms with Crippen LogP contribution in [0.1, 0.15) is 46.2 Å². The number of rotatable bonds is 5. The first-order valence-electron chi connectivity index (χ1n) is 9.56. The Kier molecular flexibility index (Phi) is 6.11. The molecule has 2 heterocycles. The molecule has 27 heavy (non-hydrogen) atoms. The van der Waals surface area contributed by atoms with Crippen molar-refractivity contribution in [2.24, 2.45) is 0 Å². The maximum Gasteiger partial charge on any atom is 0.252 e. The van der Waals surface area contributed by atoms with E-state index in [1.54, 1.807) is 16.4 Å². The highest BCUT2D eigenvalue weighted by Crippen LogP contribution is 2.27. The van der Waals surface area contributed by atoms with Crippen molar-refractivity contribution in [1.82, 2.24) is 9.62 Å². The Bertz CT molecular complexity index is 881. The molecule has 0 bridgehead atoms. The summed E-state index contributed by atoms with van der Waals surface area (Å²) in [5, 5.41) is 5.50. The molecule has 0 amide bonds. The molecule has 0 radical (unpaired) electrons. The van der Waals surface area contributed by atoms with E-state index in [1.807, 2.05) is 5.38 Å². The molecule has 0 atom stereocenters. The standard InChI is InChI=1S/C21H30N2O2S2/c1-14-15(2)17(4)20(18(5)16(14)3)13-22-19-8-10-23(11-9-19)27(24,25)21-7-6-12-26-21/h6-7,12,19,22H,8-11,13H2,1-5H3. The number of hydrogen-bond acceptors (Lipinski definition) is 4. The van der Waals surface area contributed by atoms with Gasteiger partial charge in [0.05, 0.1) is 0 Å². The van der Waals surface area contributed by atoms with Gasteiger partial charge in [0.15, 0.2) is 0 Å². The zero-order chi connectivity index (χ0) is 19.8. The molecule has 1 fully saturated rings. The molecule has 0 unspecified atom stereocenters. The van der Waals surface area contributed by atoms with Gasteiger partial charge in [-0.15, -0.1) is 11.3 Å². The number of hydrogen-bond donors (Lipinski definition) is 1. The van der Waals surface area contributed by atoms with Gasteiger partial charge in [-0.3, -0.25) is 0 Å². The van der Waals surface area contributed by atoms with Gasteiger partial charge in [-0.2, -0.15) is 4.31 Å². The van der Waals surface area contributed by atoms with Crippen LogP contribution in [0.25, 0.3) is 0 Å². The summed E-state index contributed by atoms with van der Waals surface area (Å²) in [5.41, 5.74) is 8.30. The average Bonchev–Trinajstić information content (AvgIpc) is 3.21. The second kappa shape index (κ2) is 8.03. The number of thiophene rings is 1. The van der Waals surface area contributed by atoms with E-state index in [9.17, 15) is 8.42 Å². The second-order valence-corrected chi connectivity index (χ2v) is 10.7. The highest BCUT2D eigenvalue weighted by Gasteiger charge is 2.30. The van der Waals surface area contributed by atoms with Crippen molar-refractivity contribution in [2.75, 3.05) is 13.1 Å². The lowest BCUT2D eigenvalue weighted by Gasteiger charge is -2.32. The summed E-state index contributed by atoms with van der Waals surface area (Å²) in [5.74, 6) is 0. The number of nitrogens with zero attached hydrogens (tertiary/aromatic N) is 1. The van der Waals surface area contributed by atoms with Crippen LogP contribution in [0.2, 0.25) is 0 Å². The van der Waals surface area contributed by atoms with Crippen LogP contribution in [0.5, 0.6) is 0 Å². The molecule has 148 valence electrons. The van der Waals surface area contributed by atoms with Crippen molar-refractivity contribution in [3.63, 3.8) is 0 Å². The fourth-order valence-corrected chi connectivity index (χ4v) is 6.54. The smallest absolute Gasteiger partial charge is 0.252 e. The van der Waals surface area contributed by atoms with Gasteiger partial charge in [-0.05, 0) is 92.3 Å². The molecular weight excluding hydrogens is 376 g/mol. The summed E-state index contributed by atoms with van der Waals surface area (Å²) in [4.78, 5) is 0. The number of benzene rings is 1. The van der Waals surface area contributed by atoms with Crippen LogP contribution in [0.4, 0.5) is 0 Å². The van der Waals surface area contributed by atoms with Gasteiger partial charge in [0.1, 0.15) is 4.21 Å². The first-order chi connectivity index (χ1) is 12.7. The van der Waals surface area contributed by atoms with Gasteiger partial charge in [-0.1, -0.05) is 6.07 Å². The minimum absolute atomic E-state index is 0.362. The molecular formula is C21H30N2O2S2. The van der Waals surface area contributed by atoms with Crippen LogP contribution in [-0.2, 0) is 16.6 Å². The Morgan fingerprint density at radius 3 is 2.07 bits per heavy atom. The molecule has 1 aliphatic rings. The van der Waals surface area contributed by atoms with Crippen LogP contribution in [0.3, 0.4) is 0 Å². The molecule has 0 spiro atoms. The number of piperidine rings is 1. The average molecular weight is 407 g/mol. The third-order valence-corrected chi connectivity index (χ3v) is 9.54. The quantitative estimate of drug-likeness (QED) is 0.808. The maximum absolute atomic E-state index is 12.6. The monoisotopic (exact) mass is 406 g/mol. The van der Waals surface area contributed by atoms with Gasteiger partial charge in [-0.25, -0.2) is 8.42 Å². The van der Waals surface area contributed by atoms with Crippen LogP contribution in [0.15, 0.2) is 21.7 Å². The van der Waals surface area contributed by atoms with Crippen molar-refractivity contribution in [3.8, 4) is 0 Å². The first-order valence-corrected chi connectivity index (χ1v) is 11.9. The van der Waals surface area contributed by atoms with Crippen molar-refractivity contribution in [2.45, 2.75) is 64.3 Å². The molecule has 3 rings (SSSR count). The van der Waals surface area contributed by atoms with Crippen LogP contribution in [-0.4, -0.2) is 31.9 Å². The predicted octanol–water partition coefficient (Wildman–Crippen LogP) is 4.23. The van der Waals surface area contributed by atoms with E-state index in [1.165, 1.54) is 44.7 Å². The molecule has 2 aromatic rings. The van der Waals surface area contributed by atoms with Crippen molar-refractivity contribution in [3.05, 3.63) is 50.9 Å². The van der Waals surface area contributed by atoms with Gasteiger partial charge in [0, 0.05) is 25.7 Å². The zero-order valence-corrected chi connectivity index (χ0v) is 18.6. The Labute approximate surface area is 167 Å². The number of nitrogens with one attached hydrogen (secondary N) is 1. The SMILES string of the molecule is Cc1c(C)c(C)c(CNC2CCN(S(=O)(=O)c3cccs3)CC2)c(C)c1C. The number of sulfonamides is 1. The van der Waals surface area contributed by atoms with E-state index in [0.29, 0.717) is 23.3 Å². The summed E-state index contributed by atoms with van der Waals surface area (Å²) in [7, 11) is -3.31. The predicted molar refractivity (Wildman–Crippen MR) is 113 cm³/mol. The van der Waals surface area contributed by atoms with Crippen molar-refractivity contribution >= 4 is 21.4 Å². The van der Waals surface area contributed by atoms with Crippen LogP contribution in [0, 0.1) is 34.6 Å². The highest BCUT2D eigenvalue weighted by molar-refractivity contribution is 7.91. The van der Waals surface area contributed by atoms with E-state index in [4.69, 9.17) is 0 Å². The Hall–Kier alpha value is -1.21. The molecule has 1 saturated heterocycles. The molecule has 6 heteroatoms. The minimum Gasteiger partial charge on any atom is -0.310 e. The van der Waals surface area contributed by atoms with Gasteiger partial charge in [0.25, 0.3) is 10.0 Å². The highest BCUT2D eigenvalue weighted by atomic mass is 32.2. The molecule has 0 saturated carbocycles. The topological polar surface area (TPSA) is 49.4 Å².